The molecule has 0 aromatic carbocycles. The number of hydrogen-bond donors (Lipinski definition) is 1. The average Bonchev–Trinajstić information content (AvgIpc) is 2.46. The van der Waals surface area contributed by atoms with Gasteiger partial charge >= 0.3 is 0 Å². The predicted octanol–water partition coefficient (Wildman–Crippen LogP) is 2.27. The summed E-state index contributed by atoms with van der Waals surface area (Å²) in [6.45, 7) is 1.11. The number of hydrogen-bond acceptors (Lipinski definition) is 4. The highest BCUT2D eigenvalue weighted by atomic mass is 79.9. The Balaban J connectivity index is 0.00000200. The van der Waals surface area contributed by atoms with E-state index in [1.807, 2.05) is 11.0 Å². The Morgan fingerprint density at radius 2 is 2.24 bits per heavy atom. The van der Waals surface area contributed by atoms with E-state index in [-0.39, 0.29) is 42.9 Å². The van der Waals surface area contributed by atoms with E-state index in [2.05, 4.69) is 20.9 Å². The SMILES string of the molecule is COC1CCN(C(=O)c2ccc(Br)cn2)C(CN)C1.Cl.Cl. The van der Waals surface area contributed by atoms with Gasteiger partial charge in [0.15, 0.2) is 0 Å². The van der Waals surface area contributed by atoms with Crippen LogP contribution < -0.4 is 5.73 Å². The molecule has 2 N–H and O–H groups in total. The predicted molar refractivity (Wildman–Crippen MR) is 90.3 cm³/mol. The molecule has 2 unspecified atom stereocenters. The van der Waals surface area contributed by atoms with E-state index in [1.165, 1.54) is 0 Å². The van der Waals surface area contributed by atoms with Crippen LogP contribution in [0.1, 0.15) is 23.3 Å². The first-order valence-corrected chi connectivity index (χ1v) is 7.10. The van der Waals surface area contributed by atoms with E-state index in [0.717, 1.165) is 17.3 Å². The highest BCUT2D eigenvalue weighted by Crippen LogP contribution is 2.21. The number of piperidine rings is 1. The molecule has 120 valence electrons. The molecule has 1 aromatic rings. The minimum Gasteiger partial charge on any atom is -0.381 e. The van der Waals surface area contributed by atoms with Crippen molar-refractivity contribution in [1.29, 1.82) is 0 Å². The molecule has 21 heavy (non-hydrogen) atoms. The van der Waals surface area contributed by atoms with Crippen LogP contribution in [0.25, 0.3) is 0 Å². The van der Waals surface area contributed by atoms with Crippen molar-refractivity contribution < 1.29 is 9.53 Å². The lowest BCUT2D eigenvalue weighted by molar-refractivity contribution is 0.0136. The molecule has 0 bridgehead atoms. The number of carbonyl (C=O) groups is 1. The number of aromatic nitrogens is 1. The van der Waals surface area contributed by atoms with Crippen LogP contribution in [0.5, 0.6) is 0 Å². The number of likely N-dealkylation sites (tertiary alicyclic amines) is 1. The van der Waals surface area contributed by atoms with Crippen molar-refractivity contribution in [1.82, 2.24) is 9.88 Å². The highest BCUT2D eigenvalue weighted by Gasteiger charge is 2.31. The quantitative estimate of drug-likeness (QED) is 0.844. The molecule has 0 spiro atoms. The van der Waals surface area contributed by atoms with Crippen LogP contribution in [0.15, 0.2) is 22.8 Å². The van der Waals surface area contributed by atoms with Crippen LogP contribution in [0.2, 0.25) is 0 Å². The lowest BCUT2D eigenvalue weighted by atomic mass is 9.99. The molecule has 1 saturated heterocycles. The molecule has 5 nitrogen and oxygen atoms in total. The Labute approximate surface area is 145 Å². The van der Waals surface area contributed by atoms with Crippen LogP contribution in [0.4, 0.5) is 0 Å². The second kappa shape index (κ2) is 9.58. The standard InChI is InChI=1S/C13H18BrN3O2.2ClH/c1-19-11-4-5-17(10(6-11)7-15)13(18)12-3-2-9(14)8-16-12;;/h2-3,8,10-11H,4-7,15H2,1H3;2*1H. The van der Waals surface area contributed by atoms with E-state index in [0.29, 0.717) is 18.8 Å². The first-order valence-electron chi connectivity index (χ1n) is 6.31. The number of ether oxygens (including phenoxy) is 1. The summed E-state index contributed by atoms with van der Waals surface area (Å²) >= 11 is 3.31. The number of nitrogens with zero attached hydrogens (tertiary/aromatic N) is 2. The van der Waals surface area contributed by atoms with E-state index < -0.39 is 0 Å². The lowest BCUT2D eigenvalue weighted by Gasteiger charge is -2.38. The summed E-state index contributed by atoms with van der Waals surface area (Å²) in [4.78, 5) is 18.4. The Morgan fingerprint density at radius 1 is 1.52 bits per heavy atom. The zero-order chi connectivity index (χ0) is 13.8. The summed E-state index contributed by atoms with van der Waals surface area (Å²) in [6, 6.07) is 3.57. The van der Waals surface area contributed by atoms with E-state index in [9.17, 15) is 4.79 Å². The fraction of sp³-hybridized carbons (Fsp3) is 0.538. The number of methoxy groups -OCH3 is 1. The monoisotopic (exact) mass is 399 g/mol. The molecule has 0 aliphatic carbocycles. The molecule has 1 aliphatic heterocycles. The molecule has 0 radical (unpaired) electrons. The summed E-state index contributed by atoms with van der Waals surface area (Å²) in [5.74, 6) is -0.0579. The van der Waals surface area contributed by atoms with Crippen molar-refractivity contribution in [3.63, 3.8) is 0 Å². The maximum absolute atomic E-state index is 12.4. The zero-order valence-electron chi connectivity index (χ0n) is 11.7. The molecule has 2 rings (SSSR count). The van der Waals surface area contributed by atoms with Gasteiger partial charge in [0.1, 0.15) is 5.69 Å². The van der Waals surface area contributed by atoms with Gasteiger partial charge in [-0.2, -0.15) is 0 Å². The molecule has 1 fully saturated rings. The third kappa shape index (κ3) is 5.07. The van der Waals surface area contributed by atoms with Crippen LogP contribution in [0, 0.1) is 0 Å². The van der Waals surface area contributed by atoms with Crippen LogP contribution >= 0.6 is 40.7 Å². The van der Waals surface area contributed by atoms with Crippen molar-refractivity contribution in [3.05, 3.63) is 28.5 Å². The number of amides is 1. The maximum atomic E-state index is 12.4. The first-order chi connectivity index (χ1) is 9.15. The van der Waals surface area contributed by atoms with Gasteiger partial charge in [-0.3, -0.25) is 4.79 Å². The van der Waals surface area contributed by atoms with Gasteiger partial charge in [0.2, 0.25) is 0 Å². The summed E-state index contributed by atoms with van der Waals surface area (Å²) in [5.41, 5.74) is 6.23. The van der Waals surface area contributed by atoms with Crippen molar-refractivity contribution in [2.75, 3.05) is 20.2 Å². The van der Waals surface area contributed by atoms with Gasteiger partial charge in [0.25, 0.3) is 5.91 Å². The van der Waals surface area contributed by atoms with Crippen molar-refractivity contribution in [3.8, 4) is 0 Å². The Hall–Kier alpha value is -0.400. The fourth-order valence-electron chi connectivity index (χ4n) is 2.37. The minimum absolute atomic E-state index is 0. The Morgan fingerprint density at radius 3 is 2.76 bits per heavy atom. The van der Waals surface area contributed by atoms with Crippen molar-refractivity contribution in [2.24, 2.45) is 5.73 Å². The molecule has 0 saturated carbocycles. The Bertz CT molecular complexity index is 448. The zero-order valence-corrected chi connectivity index (χ0v) is 14.9. The number of rotatable bonds is 3. The highest BCUT2D eigenvalue weighted by molar-refractivity contribution is 9.10. The van der Waals surface area contributed by atoms with E-state index in [1.54, 1.807) is 19.4 Å². The summed E-state index contributed by atoms with van der Waals surface area (Å²) in [7, 11) is 1.70. The minimum atomic E-state index is -0.0579. The van der Waals surface area contributed by atoms with Crippen LogP contribution in [-0.2, 0) is 4.74 Å². The van der Waals surface area contributed by atoms with Crippen molar-refractivity contribution in [2.45, 2.75) is 25.0 Å². The summed E-state index contributed by atoms with van der Waals surface area (Å²) in [5, 5.41) is 0. The number of carbonyl (C=O) groups excluding carboxylic acids is 1. The molecule has 1 aliphatic rings. The summed E-state index contributed by atoms with van der Waals surface area (Å²) < 4.78 is 6.22. The smallest absolute Gasteiger partial charge is 0.272 e. The summed E-state index contributed by atoms with van der Waals surface area (Å²) in [6.07, 6.45) is 3.45. The molecule has 1 aromatic heterocycles. The molecule has 8 heteroatoms. The maximum Gasteiger partial charge on any atom is 0.272 e. The van der Waals surface area contributed by atoms with E-state index in [4.69, 9.17) is 10.5 Å². The second-order valence-corrected chi connectivity index (χ2v) is 5.55. The molecule has 1 amide bonds. The van der Waals surface area contributed by atoms with Crippen LogP contribution in [0.3, 0.4) is 0 Å². The van der Waals surface area contributed by atoms with Gasteiger partial charge in [-0.15, -0.1) is 24.8 Å². The third-order valence-electron chi connectivity index (χ3n) is 3.48. The van der Waals surface area contributed by atoms with Gasteiger partial charge in [-0.05, 0) is 40.9 Å². The first kappa shape index (κ1) is 20.6. The number of nitrogens with two attached hydrogens (primary N) is 1. The normalized spacial score (nSPS) is 21.2. The Kier molecular flexibility index (Phi) is 9.40. The van der Waals surface area contributed by atoms with Gasteiger partial charge < -0.3 is 15.4 Å². The van der Waals surface area contributed by atoms with Gasteiger partial charge in [-0.1, -0.05) is 0 Å². The van der Waals surface area contributed by atoms with Crippen molar-refractivity contribution >= 4 is 46.7 Å². The topological polar surface area (TPSA) is 68.5 Å². The average molecular weight is 401 g/mol. The number of pyridine rings is 1. The van der Waals surface area contributed by atoms with Gasteiger partial charge in [0, 0.05) is 36.9 Å². The fourth-order valence-corrected chi connectivity index (χ4v) is 2.60. The molecule has 2 atom stereocenters. The number of halogens is 3. The largest absolute Gasteiger partial charge is 0.381 e. The molecular weight excluding hydrogens is 381 g/mol. The lowest BCUT2D eigenvalue weighted by Crippen LogP contribution is -2.51. The van der Waals surface area contributed by atoms with Gasteiger partial charge in [-0.25, -0.2) is 4.98 Å². The van der Waals surface area contributed by atoms with Crippen LogP contribution in [-0.4, -0.2) is 48.1 Å². The second-order valence-electron chi connectivity index (χ2n) is 4.63. The van der Waals surface area contributed by atoms with Gasteiger partial charge in [0.05, 0.1) is 6.10 Å². The third-order valence-corrected chi connectivity index (χ3v) is 3.95. The van der Waals surface area contributed by atoms with E-state index >= 15 is 0 Å². The molecular formula is C13H20BrCl2N3O2. The molecule has 2 heterocycles.